The second kappa shape index (κ2) is 5.81. The van der Waals surface area contributed by atoms with Crippen LogP contribution in [-0.4, -0.2) is 22.8 Å². The van der Waals surface area contributed by atoms with Gasteiger partial charge in [0.25, 0.3) is 5.91 Å². The third-order valence-electron chi connectivity index (χ3n) is 2.13. The Hall–Kier alpha value is -2.37. The third-order valence-corrected chi connectivity index (χ3v) is 2.13. The number of carbonyl (C=O) groups is 2. The van der Waals surface area contributed by atoms with E-state index in [1.165, 1.54) is 12.1 Å². The van der Waals surface area contributed by atoms with Crippen LogP contribution in [0.15, 0.2) is 29.4 Å². The van der Waals surface area contributed by atoms with Crippen molar-refractivity contribution >= 4 is 23.4 Å². The summed E-state index contributed by atoms with van der Waals surface area (Å²) in [6.45, 7) is 4.00. The second-order valence-corrected chi connectivity index (χ2v) is 3.33. The molecule has 96 valence electrons. The highest BCUT2D eigenvalue weighted by atomic mass is 16.4. The molecule has 0 aromatic heterocycles. The number of hydrazone groups is 1. The van der Waals surface area contributed by atoms with Crippen LogP contribution in [0.2, 0.25) is 0 Å². The molecule has 0 spiro atoms. The van der Waals surface area contributed by atoms with Gasteiger partial charge in [-0.2, -0.15) is 10.1 Å². The van der Waals surface area contributed by atoms with Crippen molar-refractivity contribution in [3.05, 3.63) is 29.8 Å². The average Bonchev–Trinajstić information content (AvgIpc) is 2.71. The van der Waals surface area contributed by atoms with Crippen molar-refractivity contribution in [2.24, 2.45) is 10.8 Å². The minimum Gasteiger partial charge on any atom is -0.478 e. The van der Waals surface area contributed by atoms with Crippen LogP contribution in [0.3, 0.4) is 0 Å². The molecule has 1 aliphatic rings. The van der Waals surface area contributed by atoms with E-state index in [0.717, 1.165) is 5.01 Å². The topological polar surface area (TPSA) is 96.0 Å². The highest BCUT2D eigenvalue weighted by Crippen LogP contribution is 2.20. The first-order valence-corrected chi connectivity index (χ1v) is 5.57. The molecule has 1 aromatic rings. The normalized spacial score (nSPS) is 13.8. The van der Waals surface area contributed by atoms with Gasteiger partial charge in [0.1, 0.15) is 5.84 Å². The smallest absolute Gasteiger partial charge is 0.335 e. The van der Waals surface area contributed by atoms with Gasteiger partial charge in [-0.25, -0.2) is 4.79 Å². The summed E-state index contributed by atoms with van der Waals surface area (Å²) in [4.78, 5) is 22.2. The molecular formula is C12H15N3O3. The van der Waals surface area contributed by atoms with Gasteiger partial charge in [0.2, 0.25) is 0 Å². The third kappa shape index (κ3) is 2.85. The fraction of sp³-hybridized carbons (Fsp3) is 0.250. The lowest BCUT2D eigenvalue weighted by Crippen LogP contribution is -2.19. The van der Waals surface area contributed by atoms with Gasteiger partial charge in [0, 0.05) is 0 Å². The fourth-order valence-corrected chi connectivity index (χ4v) is 1.42. The molecule has 0 saturated carbocycles. The summed E-state index contributed by atoms with van der Waals surface area (Å²) >= 11 is 0. The maximum atomic E-state index is 11.5. The Kier molecular flexibility index (Phi) is 4.42. The monoisotopic (exact) mass is 249 g/mol. The molecule has 0 fully saturated rings. The van der Waals surface area contributed by atoms with Gasteiger partial charge in [0.15, 0.2) is 0 Å². The SMILES string of the molecule is CC.NC1=NN(c2cccc(C(=O)O)c2)C(=O)C1. The first kappa shape index (κ1) is 13.7. The second-order valence-electron chi connectivity index (χ2n) is 3.33. The summed E-state index contributed by atoms with van der Waals surface area (Å²) < 4.78 is 0. The zero-order valence-corrected chi connectivity index (χ0v) is 10.3. The predicted octanol–water partition coefficient (Wildman–Crippen LogP) is 1.42. The summed E-state index contributed by atoms with van der Waals surface area (Å²) in [5.41, 5.74) is 5.93. The maximum Gasteiger partial charge on any atom is 0.335 e. The molecule has 6 heteroatoms. The van der Waals surface area contributed by atoms with Crippen molar-refractivity contribution in [2.45, 2.75) is 20.3 Å². The number of amides is 1. The van der Waals surface area contributed by atoms with E-state index < -0.39 is 5.97 Å². The first-order chi connectivity index (χ1) is 8.58. The Morgan fingerprint density at radius 2 is 2.11 bits per heavy atom. The van der Waals surface area contributed by atoms with Crippen LogP contribution in [0.5, 0.6) is 0 Å². The summed E-state index contributed by atoms with van der Waals surface area (Å²) in [6, 6.07) is 5.98. The van der Waals surface area contributed by atoms with Crippen molar-refractivity contribution in [1.29, 1.82) is 0 Å². The van der Waals surface area contributed by atoms with Crippen molar-refractivity contribution in [3.63, 3.8) is 0 Å². The number of amidine groups is 1. The Bertz CT molecular complexity index is 497. The summed E-state index contributed by atoms with van der Waals surface area (Å²) in [5.74, 6) is -1.09. The van der Waals surface area contributed by atoms with E-state index in [2.05, 4.69) is 5.10 Å². The number of aromatic carboxylic acids is 1. The van der Waals surface area contributed by atoms with Crippen LogP contribution in [0.25, 0.3) is 0 Å². The standard InChI is InChI=1S/C10H9N3O3.C2H6/c11-8-5-9(14)13(12-8)7-3-1-2-6(4-7)10(15)16;1-2/h1-4H,5H2,(H2,11,12)(H,15,16);1-2H3. The molecule has 1 heterocycles. The highest BCUT2D eigenvalue weighted by Gasteiger charge is 2.23. The van der Waals surface area contributed by atoms with E-state index in [0.29, 0.717) is 5.69 Å². The number of rotatable bonds is 2. The maximum absolute atomic E-state index is 11.5. The van der Waals surface area contributed by atoms with Crippen molar-refractivity contribution < 1.29 is 14.7 Å². The van der Waals surface area contributed by atoms with Crippen molar-refractivity contribution in [2.75, 3.05) is 5.01 Å². The van der Waals surface area contributed by atoms with E-state index in [9.17, 15) is 9.59 Å². The minimum atomic E-state index is -1.05. The Morgan fingerprint density at radius 3 is 2.61 bits per heavy atom. The summed E-state index contributed by atoms with van der Waals surface area (Å²) in [6.07, 6.45) is 0.0668. The lowest BCUT2D eigenvalue weighted by atomic mass is 10.2. The number of carboxylic acid groups (broad SMARTS) is 1. The number of hydrogen-bond donors (Lipinski definition) is 2. The molecular weight excluding hydrogens is 234 g/mol. The number of hydrogen-bond acceptors (Lipinski definition) is 4. The number of anilines is 1. The van der Waals surface area contributed by atoms with Gasteiger partial charge >= 0.3 is 5.97 Å². The molecule has 6 nitrogen and oxygen atoms in total. The average molecular weight is 249 g/mol. The van der Waals surface area contributed by atoms with E-state index in [1.54, 1.807) is 12.1 Å². The van der Waals surface area contributed by atoms with Gasteiger partial charge in [0.05, 0.1) is 17.7 Å². The highest BCUT2D eigenvalue weighted by molar-refractivity contribution is 6.11. The molecule has 1 aliphatic heterocycles. The van der Waals surface area contributed by atoms with E-state index in [1.807, 2.05) is 13.8 Å². The number of nitrogens with two attached hydrogens (primary N) is 1. The van der Waals surface area contributed by atoms with Gasteiger partial charge < -0.3 is 10.8 Å². The number of carboxylic acids is 1. The van der Waals surface area contributed by atoms with Gasteiger partial charge in [-0.1, -0.05) is 19.9 Å². The lowest BCUT2D eigenvalue weighted by Gasteiger charge is -2.11. The zero-order chi connectivity index (χ0) is 13.7. The van der Waals surface area contributed by atoms with Crippen LogP contribution in [-0.2, 0) is 4.79 Å². The fourth-order valence-electron chi connectivity index (χ4n) is 1.42. The quantitative estimate of drug-likeness (QED) is 0.828. The molecule has 3 N–H and O–H groups in total. The molecule has 0 atom stereocenters. The molecule has 2 rings (SSSR count). The molecule has 0 aliphatic carbocycles. The molecule has 0 unspecified atom stereocenters. The molecule has 0 saturated heterocycles. The predicted molar refractivity (Wildman–Crippen MR) is 68.5 cm³/mol. The molecule has 0 radical (unpaired) electrons. The lowest BCUT2D eigenvalue weighted by molar-refractivity contribution is -0.116. The van der Waals surface area contributed by atoms with Gasteiger partial charge in [-0.05, 0) is 18.2 Å². The van der Waals surface area contributed by atoms with E-state index >= 15 is 0 Å². The van der Waals surface area contributed by atoms with Crippen LogP contribution in [0.1, 0.15) is 30.6 Å². The van der Waals surface area contributed by atoms with Crippen molar-refractivity contribution in [1.82, 2.24) is 0 Å². The number of benzene rings is 1. The van der Waals surface area contributed by atoms with Crippen LogP contribution >= 0.6 is 0 Å². The summed E-state index contributed by atoms with van der Waals surface area (Å²) in [5, 5.41) is 13.7. The Labute approximate surface area is 105 Å². The van der Waals surface area contributed by atoms with Crippen LogP contribution in [0.4, 0.5) is 5.69 Å². The summed E-state index contributed by atoms with van der Waals surface area (Å²) in [7, 11) is 0. The Balaban J connectivity index is 0.000000771. The van der Waals surface area contributed by atoms with E-state index in [4.69, 9.17) is 10.8 Å². The van der Waals surface area contributed by atoms with Crippen molar-refractivity contribution in [3.8, 4) is 0 Å². The van der Waals surface area contributed by atoms with Gasteiger partial charge in [-0.15, -0.1) is 0 Å². The molecule has 18 heavy (non-hydrogen) atoms. The van der Waals surface area contributed by atoms with Gasteiger partial charge in [-0.3, -0.25) is 4.79 Å². The minimum absolute atomic E-state index is 0.0668. The molecule has 0 bridgehead atoms. The molecule has 1 aromatic carbocycles. The first-order valence-electron chi connectivity index (χ1n) is 5.57. The van der Waals surface area contributed by atoms with Crippen LogP contribution < -0.4 is 10.7 Å². The zero-order valence-electron chi connectivity index (χ0n) is 10.3. The van der Waals surface area contributed by atoms with E-state index in [-0.39, 0.29) is 23.7 Å². The Morgan fingerprint density at radius 1 is 1.44 bits per heavy atom. The number of nitrogens with zero attached hydrogens (tertiary/aromatic N) is 2. The van der Waals surface area contributed by atoms with Crippen LogP contribution in [0, 0.1) is 0 Å². The molecule has 1 amide bonds. The number of carbonyl (C=O) groups excluding carboxylic acids is 1. The largest absolute Gasteiger partial charge is 0.478 e.